The van der Waals surface area contributed by atoms with Gasteiger partial charge < -0.3 is 5.11 Å². The lowest BCUT2D eigenvalue weighted by atomic mass is 10.4. The first-order valence-electron chi connectivity index (χ1n) is 2.53. The number of aromatic nitrogens is 1. The maximum Gasteiger partial charge on any atom is 0.168 e. The standard InChI is InChI=1S/C6H4ClNO2/c7-5-1-4(3-9)8-2-6(5)10/h1-3,10H. The Morgan fingerprint density at radius 2 is 2.40 bits per heavy atom. The summed E-state index contributed by atoms with van der Waals surface area (Å²) in [4.78, 5) is 13.6. The lowest BCUT2D eigenvalue weighted by molar-refractivity contribution is 0.111. The fourth-order valence-corrected chi connectivity index (χ4v) is 0.663. The third-order valence-corrected chi connectivity index (χ3v) is 1.28. The third-order valence-electron chi connectivity index (χ3n) is 0.976. The highest BCUT2D eigenvalue weighted by Gasteiger charge is 1.98. The molecule has 0 aliphatic carbocycles. The molecular formula is C6H4ClNO2. The molecular weight excluding hydrogens is 154 g/mol. The molecule has 0 aliphatic heterocycles. The number of carbonyl (C=O) groups is 1. The van der Waals surface area contributed by atoms with Gasteiger partial charge in [-0.1, -0.05) is 11.6 Å². The lowest BCUT2D eigenvalue weighted by Gasteiger charge is -1.93. The Morgan fingerprint density at radius 3 is 2.90 bits per heavy atom. The van der Waals surface area contributed by atoms with Crippen LogP contribution < -0.4 is 0 Å². The van der Waals surface area contributed by atoms with E-state index in [2.05, 4.69) is 4.98 Å². The van der Waals surface area contributed by atoms with Crippen LogP contribution in [-0.2, 0) is 0 Å². The molecule has 0 radical (unpaired) electrons. The van der Waals surface area contributed by atoms with Gasteiger partial charge >= 0.3 is 0 Å². The van der Waals surface area contributed by atoms with Gasteiger partial charge in [-0.2, -0.15) is 0 Å². The zero-order chi connectivity index (χ0) is 7.56. The molecule has 0 spiro atoms. The first-order chi connectivity index (χ1) is 4.74. The number of rotatable bonds is 1. The van der Waals surface area contributed by atoms with E-state index in [4.69, 9.17) is 16.7 Å². The summed E-state index contributed by atoms with van der Waals surface area (Å²) in [5.74, 6) is -0.118. The molecule has 0 bridgehead atoms. The molecule has 52 valence electrons. The number of pyridine rings is 1. The smallest absolute Gasteiger partial charge is 0.168 e. The van der Waals surface area contributed by atoms with Gasteiger partial charge in [0.05, 0.1) is 11.2 Å². The maximum absolute atomic E-state index is 10.1. The van der Waals surface area contributed by atoms with Crippen LogP contribution in [-0.4, -0.2) is 16.4 Å². The topological polar surface area (TPSA) is 50.2 Å². The van der Waals surface area contributed by atoms with E-state index in [0.717, 1.165) is 6.20 Å². The van der Waals surface area contributed by atoms with Gasteiger partial charge in [-0.05, 0) is 6.07 Å². The number of carbonyl (C=O) groups excluding carboxylic acids is 1. The fraction of sp³-hybridized carbons (Fsp3) is 0. The average Bonchev–Trinajstić information content (AvgIpc) is 1.95. The van der Waals surface area contributed by atoms with Gasteiger partial charge in [0.2, 0.25) is 0 Å². The number of hydrogen-bond acceptors (Lipinski definition) is 3. The number of hydrogen-bond donors (Lipinski definition) is 1. The van der Waals surface area contributed by atoms with Crippen LogP contribution in [0.2, 0.25) is 5.02 Å². The Hall–Kier alpha value is -1.09. The summed E-state index contributed by atoms with van der Waals surface area (Å²) in [6.45, 7) is 0. The third kappa shape index (κ3) is 1.25. The van der Waals surface area contributed by atoms with E-state index in [0.29, 0.717) is 6.29 Å². The molecule has 0 atom stereocenters. The second-order valence-electron chi connectivity index (χ2n) is 1.68. The van der Waals surface area contributed by atoms with E-state index < -0.39 is 0 Å². The molecule has 0 saturated heterocycles. The van der Waals surface area contributed by atoms with Crippen LogP contribution >= 0.6 is 11.6 Å². The molecule has 4 heteroatoms. The first kappa shape index (κ1) is 7.02. The minimum atomic E-state index is -0.118. The summed E-state index contributed by atoms with van der Waals surface area (Å²) >= 11 is 5.44. The molecule has 3 nitrogen and oxygen atoms in total. The van der Waals surface area contributed by atoms with Crippen molar-refractivity contribution in [2.24, 2.45) is 0 Å². The first-order valence-corrected chi connectivity index (χ1v) is 2.91. The van der Waals surface area contributed by atoms with Crippen LogP contribution in [0.3, 0.4) is 0 Å². The molecule has 1 aromatic heterocycles. The van der Waals surface area contributed by atoms with Crippen LogP contribution in [0.15, 0.2) is 12.3 Å². The number of aldehydes is 1. The Kier molecular flexibility index (Phi) is 1.87. The Balaban J connectivity index is 3.16. The number of nitrogens with zero attached hydrogens (tertiary/aromatic N) is 1. The number of halogens is 1. The number of aromatic hydroxyl groups is 1. The summed E-state index contributed by atoms with van der Waals surface area (Å²) < 4.78 is 0. The molecule has 0 fully saturated rings. The summed E-state index contributed by atoms with van der Waals surface area (Å²) in [6.07, 6.45) is 1.69. The van der Waals surface area contributed by atoms with Crippen molar-refractivity contribution in [2.75, 3.05) is 0 Å². The molecule has 0 saturated carbocycles. The van der Waals surface area contributed by atoms with E-state index in [1.165, 1.54) is 6.07 Å². The highest BCUT2D eigenvalue weighted by Crippen LogP contribution is 2.20. The fourth-order valence-electron chi connectivity index (χ4n) is 0.503. The average molecular weight is 158 g/mol. The Morgan fingerprint density at radius 1 is 1.70 bits per heavy atom. The zero-order valence-corrected chi connectivity index (χ0v) is 5.67. The van der Waals surface area contributed by atoms with E-state index in [1.807, 2.05) is 0 Å². The van der Waals surface area contributed by atoms with Crippen molar-refractivity contribution in [1.82, 2.24) is 4.98 Å². The SMILES string of the molecule is O=Cc1cc(Cl)c(O)cn1. The second-order valence-corrected chi connectivity index (χ2v) is 2.09. The second kappa shape index (κ2) is 2.66. The molecule has 0 aliphatic rings. The van der Waals surface area contributed by atoms with Crippen LogP contribution in [0, 0.1) is 0 Å². The molecule has 1 heterocycles. The minimum Gasteiger partial charge on any atom is -0.505 e. The van der Waals surface area contributed by atoms with Crippen molar-refractivity contribution in [3.8, 4) is 5.75 Å². The quantitative estimate of drug-likeness (QED) is 0.625. The van der Waals surface area contributed by atoms with E-state index in [1.54, 1.807) is 0 Å². The predicted octanol–water partition coefficient (Wildman–Crippen LogP) is 1.25. The van der Waals surface area contributed by atoms with Crippen LogP contribution in [0.25, 0.3) is 0 Å². The summed E-state index contributed by atoms with van der Waals surface area (Å²) in [5.41, 5.74) is 0.211. The monoisotopic (exact) mass is 157 g/mol. The van der Waals surface area contributed by atoms with Crippen molar-refractivity contribution < 1.29 is 9.90 Å². The van der Waals surface area contributed by atoms with Gasteiger partial charge in [-0.25, -0.2) is 4.98 Å². The highest BCUT2D eigenvalue weighted by molar-refractivity contribution is 6.32. The van der Waals surface area contributed by atoms with Gasteiger partial charge in [0.1, 0.15) is 5.69 Å². The normalized spacial score (nSPS) is 9.30. The summed E-state index contributed by atoms with van der Waals surface area (Å²) in [7, 11) is 0. The zero-order valence-electron chi connectivity index (χ0n) is 4.91. The molecule has 1 rings (SSSR count). The van der Waals surface area contributed by atoms with Crippen molar-refractivity contribution in [3.05, 3.63) is 23.0 Å². The Bertz CT molecular complexity index is 262. The summed E-state index contributed by atoms with van der Waals surface area (Å²) in [6, 6.07) is 1.30. The Labute approximate surface area is 62.3 Å². The van der Waals surface area contributed by atoms with Crippen molar-refractivity contribution >= 4 is 17.9 Å². The van der Waals surface area contributed by atoms with Gasteiger partial charge in [-0.3, -0.25) is 4.79 Å². The molecule has 10 heavy (non-hydrogen) atoms. The van der Waals surface area contributed by atoms with Crippen LogP contribution in [0.4, 0.5) is 0 Å². The van der Waals surface area contributed by atoms with E-state index >= 15 is 0 Å². The maximum atomic E-state index is 10.1. The van der Waals surface area contributed by atoms with Gasteiger partial charge in [-0.15, -0.1) is 0 Å². The van der Waals surface area contributed by atoms with E-state index in [-0.39, 0.29) is 16.5 Å². The molecule has 0 unspecified atom stereocenters. The minimum absolute atomic E-state index is 0.118. The van der Waals surface area contributed by atoms with Gasteiger partial charge in [0, 0.05) is 0 Å². The van der Waals surface area contributed by atoms with Crippen molar-refractivity contribution in [3.63, 3.8) is 0 Å². The van der Waals surface area contributed by atoms with Crippen LogP contribution in [0.5, 0.6) is 5.75 Å². The van der Waals surface area contributed by atoms with Crippen molar-refractivity contribution in [1.29, 1.82) is 0 Å². The van der Waals surface area contributed by atoms with Crippen LogP contribution in [0.1, 0.15) is 10.5 Å². The largest absolute Gasteiger partial charge is 0.505 e. The molecule has 1 aromatic rings. The van der Waals surface area contributed by atoms with E-state index in [9.17, 15) is 4.79 Å². The molecule has 1 N–H and O–H groups in total. The van der Waals surface area contributed by atoms with Crippen molar-refractivity contribution in [2.45, 2.75) is 0 Å². The summed E-state index contributed by atoms with van der Waals surface area (Å²) in [5, 5.41) is 8.97. The predicted molar refractivity (Wildman–Crippen MR) is 36.3 cm³/mol. The molecule has 0 aromatic carbocycles. The highest BCUT2D eigenvalue weighted by atomic mass is 35.5. The van der Waals surface area contributed by atoms with Gasteiger partial charge in [0.15, 0.2) is 12.0 Å². The molecule has 0 amide bonds. The van der Waals surface area contributed by atoms with Gasteiger partial charge in [0.25, 0.3) is 0 Å². The lowest BCUT2D eigenvalue weighted by Crippen LogP contribution is -1.84.